The van der Waals surface area contributed by atoms with E-state index in [0.717, 1.165) is 4.91 Å². The number of amides is 1. The van der Waals surface area contributed by atoms with Crippen LogP contribution in [0.2, 0.25) is 19.6 Å². The van der Waals surface area contributed by atoms with E-state index in [0.29, 0.717) is 13.0 Å². The van der Waals surface area contributed by atoms with E-state index >= 15 is 0 Å². The van der Waals surface area contributed by atoms with Gasteiger partial charge in [-0.25, -0.2) is 0 Å². The van der Waals surface area contributed by atoms with Crippen LogP contribution in [-0.4, -0.2) is 42.2 Å². The summed E-state index contributed by atoms with van der Waals surface area (Å²) in [6.45, 7) is 12.9. The minimum atomic E-state index is -1.70. The first-order valence-electron chi connectivity index (χ1n) is 6.76. The third kappa shape index (κ3) is 2.44. The van der Waals surface area contributed by atoms with Crippen LogP contribution >= 0.6 is 24.0 Å². The van der Waals surface area contributed by atoms with Crippen LogP contribution in [0.15, 0.2) is 17.6 Å². The van der Waals surface area contributed by atoms with Crippen molar-refractivity contribution in [1.29, 1.82) is 0 Å². The fraction of sp³-hybridized carbons (Fsp3) is 0.643. The van der Waals surface area contributed by atoms with Gasteiger partial charge in [0.2, 0.25) is 5.91 Å². The molecule has 2 saturated heterocycles. The summed E-state index contributed by atoms with van der Waals surface area (Å²) in [7, 11) is -1.70. The van der Waals surface area contributed by atoms with E-state index in [1.54, 1.807) is 11.8 Å². The molecule has 0 aromatic heterocycles. The maximum absolute atomic E-state index is 12.7. The molecule has 2 unspecified atom stereocenters. The third-order valence-corrected chi connectivity index (χ3v) is 6.65. The molecule has 0 radical (unpaired) electrons. The maximum Gasteiger partial charge on any atom is 0.235 e. The second-order valence-corrected chi connectivity index (χ2v) is 12.2. The fourth-order valence-corrected chi connectivity index (χ4v) is 5.91. The van der Waals surface area contributed by atoms with Gasteiger partial charge in [-0.15, -0.1) is 6.58 Å². The number of carbonyl (C=O) groups excluding carboxylic acids is 1. The zero-order valence-corrected chi connectivity index (χ0v) is 15.1. The summed E-state index contributed by atoms with van der Waals surface area (Å²) in [6.07, 6.45) is 2.38. The van der Waals surface area contributed by atoms with Gasteiger partial charge in [-0.3, -0.25) is 4.79 Å². The summed E-state index contributed by atoms with van der Waals surface area (Å²) >= 11 is 6.55. The van der Waals surface area contributed by atoms with Crippen LogP contribution in [0.4, 0.5) is 0 Å². The Balaban J connectivity index is 2.30. The highest BCUT2D eigenvalue weighted by Gasteiger charge is 2.66. The smallest absolute Gasteiger partial charge is 0.235 e. The molecule has 1 amide bonds. The minimum absolute atomic E-state index is 0.0992. The van der Waals surface area contributed by atoms with Crippen molar-refractivity contribution in [3.05, 3.63) is 17.6 Å². The Labute approximate surface area is 131 Å². The van der Waals surface area contributed by atoms with Gasteiger partial charge < -0.3 is 9.33 Å². The van der Waals surface area contributed by atoms with E-state index in [2.05, 4.69) is 31.2 Å². The predicted molar refractivity (Wildman–Crippen MR) is 90.3 cm³/mol. The number of thiocarbonyl (C=S) groups is 1. The highest BCUT2D eigenvalue weighted by molar-refractivity contribution is 8.04. The average Bonchev–Trinajstić information content (AvgIpc) is 2.74. The molecule has 2 heterocycles. The molecule has 0 aromatic rings. The van der Waals surface area contributed by atoms with Gasteiger partial charge in [-0.05, 0) is 50.2 Å². The molecule has 0 spiro atoms. The number of fused-ring (bicyclic) bond motifs is 1. The average molecular weight is 328 g/mol. The molecule has 0 aliphatic carbocycles. The molecule has 3 atom stereocenters. The monoisotopic (exact) mass is 327 g/mol. The molecule has 3 nitrogen and oxygen atoms in total. The number of nitrogens with zero attached hydrogens (tertiary/aromatic N) is 1. The first kappa shape index (κ1) is 16.0. The van der Waals surface area contributed by atoms with Crippen molar-refractivity contribution in [3.63, 3.8) is 0 Å². The molecular formula is C14H21NO2S2Si. The molecule has 2 aliphatic rings. The topological polar surface area (TPSA) is 29.5 Å². The number of hydrogen-bond donors (Lipinski definition) is 0. The van der Waals surface area contributed by atoms with Crippen LogP contribution in [-0.2, 0) is 9.22 Å². The Morgan fingerprint density at radius 1 is 1.70 bits per heavy atom. The molecule has 2 fully saturated rings. The normalized spacial score (nSPS) is 30.6. The van der Waals surface area contributed by atoms with Gasteiger partial charge in [0, 0.05) is 0 Å². The standard InChI is InChI=1S/C14H21NO2S2Si/c1-6-7-14(10(2)17-20(3,4)5)12(16)15-8-11(9-18)19-13(14)15/h6,10,13H,1,7-8H2,2-5H3/t10?,13-,14?/m0/s1. The summed E-state index contributed by atoms with van der Waals surface area (Å²) in [6, 6.07) is 0. The third-order valence-electron chi connectivity index (χ3n) is 3.80. The summed E-state index contributed by atoms with van der Waals surface area (Å²) in [4.78, 5) is 15.5. The lowest BCUT2D eigenvalue weighted by atomic mass is 9.71. The van der Waals surface area contributed by atoms with Crippen molar-refractivity contribution in [2.45, 2.75) is 44.5 Å². The van der Waals surface area contributed by atoms with Crippen molar-refractivity contribution in [2.24, 2.45) is 5.41 Å². The molecule has 0 aromatic carbocycles. The first-order valence-corrected chi connectivity index (χ1v) is 11.5. The van der Waals surface area contributed by atoms with Gasteiger partial charge in [-0.1, -0.05) is 17.8 Å². The first-order chi connectivity index (χ1) is 9.26. The van der Waals surface area contributed by atoms with Crippen molar-refractivity contribution in [1.82, 2.24) is 4.90 Å². The summed E-state index contributed by atoms with van der Waals surface area (Å²) in [5.41, 5.74) is -0.485. The molecule has 2 rings (SSSR count). The second kappa shape index (κ2) is 5.43. The van der Waals surface area contributed by atoms with Crippen LogP contribution in [0.5, 0.6) is 0 Å². The highest BCUT2D eigenvalue weighted by atomic mass is 32.2. The van der Waals surface area contributed by atoms with Crippen LogP contribution in [0, 0.1) is 5.41 Å². The van der Waals surface area contributed by atoms with Gasteiger partial charge in [0.25, 0.3) is 0 Å². The van der Waals surface area contributed by atoms with Crippen molar-refractivity contribution in [3.8, 4) is 0 Å². The van der Waals surface area contributed by atoms with E-state index in [4.69, 9.17) is 16.6 Å². The largest absolute Gasteiger partial charge is 0.414 e. The van der Waals surface area contributed by atoms with Crippen LogP contribution < -0.4 is 0 Å². The van der Waals surface area contributed by atoms with E-state index in [1.807, 2.05) is 17.9 Å². The zero-order valence-electron chi connectivity index (χ0n) is 12.4. The quantitative estimate of drug-likeness (QED) is 0.336. The van der Waals surface area contributed by atoms with Gasteiger partial charge >= 0.3 is 0 Å². The zero-order chi connectivity index (χ0) is 15.1. The number of allylic oxidation sites excluding steroid dienone is 1. The Hall–Kier alpha value is -0.393. The number of hydrogen-bond acceptors (Lipinski definition) is 4. The van der Waals surface area contributed by atoms with Crippen molar-refractivity contribution >= 4 is 43.2 Å². The van der Waals surface area contributed by atoms with E-state index in [9.17, 15) is 4.79 Å². The Kier molecular flexibility index (Phi) is 4.34. The highest BCUT2D eigenvalue weighted by Crippen LogP contribution is 2.57. The molecule has 110 valence electrons. The lowest BCUT2D eigenvalue weighted by Gasteiger charge is -2.55. The molecular weight excluding hydrogens is 306 g/mol. The molecule has 20 heavy (non-hydrogen) atoms. The van der Waals surface area contributed by atoms with Crippen molar-refractivity contribution < 1.29 is 9.22 Å². The number of β-lactam (4-membered cyclic amide) rings is 1. The van der Waals surface area contributed by atoms with E-state index in [1.165, 1.54) is 0 Å². The lowest BCUT2D eigenvalue weighted by Crippen LogP contribution is -2.70. The molecule has 6 heteroatoms. The van der Waals surface area contributed by atoms with Crippen LogP contribution in [0.3, 0.4) is 0 Å². The van der Waals surface area contributed by atoms with E-state index < -0.39 is 13.7 Å². The van der Waals surface area contributed by atoms with Gasteiger partial charge in [0.05, 0.1) is 17.6 Å². The van der Waals surface area contributed by atoms with Crippen LogP contribution in [0.25, 0.3) is 0 Å². The Bertz CT molecular complexity index is 496. The maximum atomic E-state index is 12.7. The fourth-order valence-electron chi connectivity index (χ4n) is 3.00. The SMILES string of the molecule is C=CCC1(C(C)O[Si](C)(C)C)C(=O)N2CC(=C=S)S[C@H]21. The minimum Gasteiger partial charge on any atom is -0.414 e. The predicted octanol–water partition coefficient (Wildman–Crippen LogP) is 3.19. The Morgan fingerprint density at radius 2 is 2.35 bits per heavy atom. The van der Waals surface area contributed by atoms with Gasteiger partial charge in [0.1, 0.15) is 10.8 Å². The number of thioether (sulfide) groups is 1. The molecule has 0 N–H and O–H groups in total. The van der Waals surface area contributed by atoms with Gasteiger partial charge in [0.15, 0.2) is 8.32 Å². The van der Waals surface area contributed by atoms with Crippen LogP contribution in [0.1, 0.15) is 13.3 Å². The van der Waals surface area contributed by atoms with Crippen molar-refractivity contribution in [2.75, 3.05) is 6.54 Å². The molecule has 2 aliphatic heterocycles. The summed E-state index contributed by atoms with van der Waals surface area (Å²) in [5.74, 6) is 0.168. The second-order valence-electron chi connectivity index (χ2n) is 6.33. The number of rotatable bonds is 5. The molecule has 0 saturated carbocycles. The van der Waals surface area contributed by atoms with E-state index in [-0.39, 0.29) is 17.4 Å². The van der Waals surface area contributed by atoms with Gasteiger partial charge in [-0.2, -0.15) is 0 Å². The summed E-state index contributed by atoms with van der Waals surface area (Å²) < 4.78 is 6.22. The lowest BCUT2D eigenvalue weighted by molar-refractivity contribution is -0.171. The Morgan fingerprint density at radius 3 is 2.85 bits per heavy atom. The summed E-state index contributed by atoms with van der Waals surface area (Å²) in [5, 5.41) is 2.88. The number of carbonyl (C=O) groups is 1. The molecule has 0 bridgehead atoms.